The van der Waals surface area contributed by atoms with Crippen LogP contribution >= 0.6 is 0 Å². The second kappa shape index (κ2) is 13.3. The topological polar surface area (TPSA) is 16.4 Å². The molecule has 1 heterocycles. The normalized spacial score (nSPS) is 15.1. The Morgan fingerprint density at radius 3 is 1.65 bits per heavy atom. The van der Waals surface area contributed by atoms with Crippen LogP contribution in [0.2, 0.25) is 0 Å². The SMILES string of the molecule is CC(C)(C)c1cc(-c2cc(N(c3ccc4c(c3)C(C)(C)c3ccccc3-4)c3ccc4c(c3)C(C)(C)c3cccc(C(C)(C)C)c3-4)cc3oc4ccccc4c23)cc(C(C)(C)C)c1. The maximum atomic E-state index is 6.89. The molecule has 10 rings (SSSR count). The van der Waals surface area contributed by atoms with E-state index in [2.05, 4.69) is 228 Å². The van der Waals surface area contributed by atoms with Crippen molar-refractivity contribution >= 4 is 39.0 Å². The fourth-order valence-electron chi connectivity index (χ4n) is 10.7. The molecule has 8 aromatic rings. The Morgan fingerprint density at radius 1 is 0.419 bits per heavy atom. The number of hydrogen-bond donors (Lipinski definition) is 0. The first-order chi connectivity index (χ1) is 29.1. The van der Waals surface area contributed by atoms with Gasteiger partial charge >= 0.3 is 0 Å². The monoisotopic (exact) mass is 811 g/mol. The molecule has 0 atom stereocenters. The van der Waals surface area contributed by atoms with E-state index in [-0.39, 0.29) is 27.1 Å². The maximum absolute atomic E-state index is 6.89. The molecule has 62 heavy (non-hydrogen) atoms. The van der Waals surface area contributed by atoms with Gasteiger partial charge in [-0.15, -0.1) is 0 Å². The molecular weight excluding hydrogens is 751 g/mol. The number of fused-ring (bicyclic) bond motifs is 9. The Balaban J connectivity index is 1.27. The van der Waals surface area contributed by atoms with Gasteiger partial charge in [0.1, 0.15) is 11.2 Å². The van der Waals surface area contributed by atoms with Gasteiger partial charge in [-0.25, -0.2) is 0 Å². The Kier molecular flexibility index (Phi) is 8.64. The highest BCUT2D eigenvalue weighted by molar-refractivity contribution is 6.14. The molecular formula is C60H61NO. The Hall–Kier alpha value is -5.86. The van der Waals surface area contributed by atoms with Crippen molar-refractivity contribution in [3.05, 3.63) is 172 Å². The minimum atomic E-state index is -0.181. The Morgan fingerprint density at radius 2 is 0.984 bits per heavy atom. The minimum Gasteiger partial charge on any atom is -0.456 e. The van der Waals surface area contributed by atoms with Crippen LogP contribution in [0.25, 0.3) is 55.3 Å². The van der Waals surface area contributed by atoms with Crippen molar-refractivity contribution in [1.82, 2.24) is 0 Å². The first-order valence-corrected chi connectivity index (χ1v) is 22.6. The summed E-state index contributed by atoms with van der Waals surface area (Å²) in [5, 5.41) is 2.29. The fraction of sp³-hybridized carbons (Fsp3) is 0.300. The van der Waals surface area contributed by atoms with Gasteiger partial charge in [0.2, 0.25) is 0 Å². The van der Waals surface area contributed by atoms with Crippen molar-refractivity contribution in [2.75, 3.05) is 4.90 Å². The summed E-state index contributed by atoms with van der Waals surface area (Å²) in [5.74, 6) is 0. The highest BCUT2D eigenvalue weighted by Crippen LogP contribution is 2.55. The third-order valence-corrected chi connectivity index (χ3v) is 14.3. The lowest BCUT2D eigenvalue weighted by molar-refractivity contribution is 0.569. The van der Waals surface area contributed by atoms with Crippen molar-refractivity contribution in [3.63, 3.8) is 0 Å². The average molecular weight is 812 g/mol. The van der Waals surface area contributed by atoms with Gasteiger partial charge in [0.15, 0.2) is 0 Å². The van der Waals surface area contributed by atoms with E-state index in [1.165, 1.54) is 72.3 Å². The van der Waals surface area contributed by atoms with Crippen molar-refractivity contribution in [1.29, 1.82) is 0 Å². The number of nitrogens with zero attached hydrogens (tertiary/aromatic N) is 1. The number of furan rings is 1. The number of rotatable bonds is 4. The summed E-state index contributed by atoms with van der Waals surface area (Å²) in [7, 11) is 0. The zero-order valence-corrected chi connectivity index (χ0v) is 39.1. The van der Waals surface area contributed by atoms with E-state index in [4.69, 9.17) is 4.42 Å². The van der Waals surface area contributed by atoms with Gasteiger partial charge < -0.3 is 9.32 Å². The quantitative estimate of drug-likeness (QED) is 0.176. The molecule has 0 bridgehead atoms. The smallest absolute Gasteiger partial charge is 0.138 e. The molecule has 2 aliphatic rings. The van der Waals surface area contributed by atoms with E-state index in [1.54, 1.807) is 0 Å². The van der Waals surface area contributed by atoms with Gasteiger partial charge in [-0.1, -0.05) is 181 Å². The Labute approximate surface area is 369 Å². The lowest BCUT2D eigenvalue weighted by atomic mass is 9.78. The first-order valence-electron chi connectivity index (χ1n) is 22.6. The van der Waals surface area contributed by atoms with Crippen LogP contribution in [0.1, 0.15) is 129 Å². The highest BCUT2D eigenvalue weighted by atomic mass is 16.3. The molecule has 1 aromatic heterocycles. The molecule has 2 aliphatic carbocycles. The molecule has 0 spiro atoms. The molecule has 0 unspecified atom stereocenters. The zero-order valence-electron chi connectivity index (χ0n) is 39.1. The molecule has 0 saturated carbocycles. The molecule has 0 radical (unpaired) electrons. The van der Waals surface area contributed by atoms with Gasteiger partial charge in [-0.2, -0.15) is 0 Å². The van der Waals surface area contributed by atoms with Crippen LogP contribution in [0.3, 0.4) is 0 Å². The third kappa shape index (κ3) is 6.11. The van der Waals surface area contributed by atoms with E-state index in [0.717, 1.165) is 39.0 Å². The lowest BCUT2D eigenvalue weighted by Crippen LogP contribution is -2.18. The van der Waals surface area contributed by atoms with E-state index < -0.39 is 0 Å². The minimum absolute atomic E-state index is 0.0120. The lowest BCUT2D eigenvalue weighted by Gasteiger charge is -2.30. The predicted octanol–water partition coefficient (Wildman–Crippen LogP) is 17.2. The second-order valence-electron chi connectivity index (χ2n) is 22.3. The van der Waals surface area contributed by atoms with E-state index in [1.807, 2.05) is 0 Å². The standard InChI is InChI=1S/C60H61NO/c1-56(2,3)37-29-36(30-38(31-37)57(4,5)6)46-32-41(35-53-54(46)45-20-15-17-24-52(45)62-53)61(39-25-27-43-42-19-14-16-21-47(42)59(10,11)50(43)33-39)40-26-28-44-51(34-40)60(12,13)49-23-18-22-48(55(44)49)58(7,8)9/h14-35H,1-13H3. The molecule has 0 amide bonds. The second-order valence-corrected chi connectivity index (χ2v) is 22.3. The summed E-state index contributed by atoms with van der Waals surface area (Å²) in [4.78, 5) is 2.50. The molecule has 0 N–H and O–H groups in total. The van der Waals surface area contributed by atoms with Crippen LogP contribution in [0.4, 0.5) is 17.1 Å². The summed E-state index contributed by atoms with van der Waals surface area (Å²) in [5.41, 5.74) is 22.1. The summed E-state index contributed by atoms with van der Waals surface area (Å²) in [6.07, 6.45) is 0. The zero-order chi connectivity index (χ0) is 43.9. The molecule has 312 valence electrons. The van der Waals surface area contributed by atoms with E-state index in [9.17, 15) is 0 Å². The Bertz CT molecular complexity index is 3100. The number of anilines is 3. The van der Waals surface area contributed by atoms with Crippen LogP contribution in [0.15, 0.2) is 138 Å². The summed E-state index contributed by atoms with van der Waals surface area (Å²) >= 11 is 0. The molecule has 0 aliphatic heterocycles. The van der Waals surface area contributed by atoms with Crippen LogP contribution in [0.5, 0.6) is 0 Å². The van der Waals surface area contributed by atoms with Gasteiger partial charge in [0.05, 0.1) is 5.69 Å². The molecule has 0 saturated heterocycles. The van der Waals surface area contributed by atoms with Crippen LogP contribution in [-0.2, 0) is 27.1 Å². The highest BCUT2D eigenvalue weighted by Gasteiger charge is 2.40. The summed E-state index contributed by atoms with van der Waals surface area (Å²) < 4.78 is 6.89. The van der Waals surface area contributed by atoms with Crippen molar-refractivity contribution in [2.45, 2.75) is 117 Å². The first kappa shape index (κ1) is 40.2. The van der Waals surface area contributed by atoms with E-state index in [0.29, 0.717) is 0 Å². The molecule has 7 aromatic carbocycles. The van der Waals surface area contributed by atoms with Crippen LogP contribution < -0.4 is 4.90 Å². The fourth-order valence-corrected chi connectivity index (χ4v) is 10.7. The van der Waals surface area contributed by atoms with Crippen LogP contribution in [-0.4, -0.2) is 0 Å². The number of para-hydroxylation sites is 1. The number of benzene rings is 7. The third-order valence-electron chi connectivity index (χ3n) is 14.3. The molecule has 2 heteroatoms. The van der Waals surface area contributed by atoms with Crippen molar-refractivity contribution in [3.8, 4) is 33.4 Å². The van der Waals surface area contributed by atoms with Gasteiger partial charge in [-0.05, 0) is 125 Å². The average Bonchev–Trinajstić information content (AvgIpc) is 3.79. The van der Waals surface area contributed by atoms with Crippen molar-refractivity contribution < 1.29 is 4.42 Å². The summed E-state index contributed by atoms with van der Waals surface area (Å²) in [6.45, 7) is 30.5. The summed E-state index contributed by atoms with van der Waals surface area (Å²) in [6, 6.07) is 50.8. The van der Waals surface area contributed by atoms with Crippen molar-refractivity contribution in [2.24, 2.45) is 0 Å². The predicted molar refractivity (Wildman–Crippen MR) is 265 cm³/mol. The molecule has 2 nitrogen and oxygen atoms in total. The van der Waals surface area contributed by atoms with E-state index >= 15 is 0 Å². The maximum Gasteiger partial charge on any atom is 0.138 e. The van der Waals surface area contributed by atoms with Gasteiger partial charge in [0.25, 0.3) is 0 Å². The van der Waals surface area contributed by atoms with Gasteiger partial charge in [-0.3, -0.25) is 0 Å². The van der Waals surface area contributed by atoms with Crippen LogP contribution in [0, 0.1) is 0 Å². The number of hydrogen-bond acceptors (Lipinski definition) is 2. The molecule has 0 fully saturated rings. The van der Waals surface area contributed by atoms with Gasteiger partial charge in [0, 0.05) is 39.0 Å². The largest absolute Gasteiger partial charge is 0.456 e.